The van der Waals surface area contributed by atoms with Crippen molar-refractivity contribution >= 4 is 23.2 Å². The predicted octanol–water partition coefficient (Wildman–Crippen LogP) is 3.91. The first-order valence-corrected chi connectivity index (χ1v) is 13.1. The normalized spacial score (nSPS) is 20.1. The number of hydrogen-bond acceptors (Lipinski definition) is 5. The fraction of sp³-hybridized carbons (Fsp3) is 0.731. The summed E-state index contributed by atoms with van der Waals surface area (Å²) in [5, 5.41) is 14.8. The van der Waals surface area contributed by atoms with E-state index in [1.807, 2.05) is 24.1 Å². The second-order valence-electron chi connectivity index (χ2n) is 11.8. The standard InChI is InChI=1S/C26H42ClN5O2/c1-18(2)29-23(27)21(22(28)20-17-19(3)34-30-20)24(33)32-15-10-26(11-16-32)8-13-31(14-9-26)12-7-25(4,5)6/h17-18,28-29H,7-16H2,1-6H3/p+1/b23-21+,28-22?. The molecule has 3 heterocycles. The zero-order chi connectivity index (χ0) is 25.1. The van der Waals surface area contributed by atoms with E-state index in [1.165, 1.54) is 25.8 Å². The van der Waals surface area contributed by atoms with E-state index in [4.69, 9.17) is 21.5 Å². The van der Waals surface area contributed by atoms with Gasteiger partial charge in [-0.1, -0.05) is 25.9 Å². The van der Waals surface area contributed by atoms with E-state index in [0.29, 0.717) is 40.5 Å². The van der Waals surface area contributed by atoms with Gasteiger partial charge in [-0.3, -0.25) is 10.2 Å². The summed E-state index contributed by atoms with van der Waals surface area (Å²) < 4.78 is 5.15. The average Bonchev–Trinajstić information content (AvgIpc) is 3.19. The topological polar surface area (TPSA) is 90.0 Å². The highest BCUT2D eigenvalue weighted by molar-refractivity contribution is 6.37. The molecule has 1 spiro atoms. The Morgan fingerprint density at radius 1 is 1.21 bits per heavy atom. The molecule has 2 fully saturated rings. The van der Waals surface area contributed by atoms with E-state index in [1.54, 1.807) is 13.0 Å². The molecule has 0 unspecified atom stereocenters. The number of nitrogens with two attached hydrogens (primary N) is 1. The number of nitrogens with one attached hydrogen (secondary N) is 1. The molecule has 1 aromatic rings. The highest BCUT2D eigenvalue weighted by atomic mass is 35.5. The number of carbonyl (C=O) groups is 1. The van der Waals surface area contributed by atoms with Crippen LogP contribution in [0, 0.1) is 23.2 Å². The van der Waals surface area contributed by atoms with Crippen molar-refractivity contribution in [1.29, 1.82) is 5.41 Å². The van der Waals surface area contributed by atoms with Crippen molar-refractivity contribution < 1.29 is 14.6 Å². The number of rotatable bonds is 7. The molecule has 1 amide bonds. The van der Waals surface area contributed by atoms with Gasteiger partial charge in [0.05, 0.1) is 6.04 Å². The van der Waals surface area contributed by atoms with Crippen LogP contribution >= 0.6 is 11.6 Å². The van der Waals surface area contributed by atoms with Crippen molar-refractivity contribution in [2.45, 2.75) is 79.7 Å². The summed E-state index contributed by atoms with van der Waals surface area (Å²) in [6.45, 7) is 17.6. The fourth-order valence-corrected chi connectivity index (χ4v) is 5.33. The molecule has 2 aliphatic rings. The minimum atomic E-state index is -0.176. The van der Waals surface area contributed by atoms with E-state index in [2.05, 4.69) is 30.8 Å². The number of amides is 1. The molecule has 0 radical (unpaired) electrons. The Labute approximate surface area is 209 Å². The summed E-state index contributed by atoms with van der Waals surface area (Å²) in [7, 11) is 0. The van der Waals surface area contributed by atoms with Crippen LogP contribution in [0.25, 0.3) is 0 Å². The predicted molar refractivity (Wildman–Crippen MR) is 136 cm³/mol. The SMILES string of the molecule is Cc1cc(C(=N)/C(C(=O)N2CCC3(CCN(CCC(C)(C)C)CC3)CC2)=C(/Cl)[NH2+]C(C)C)no1. The van der Waals surface area contributed by atoms with Gasteiger partial charge in [0.2, 0.25) is 5.16 Å². The highest BCUT2D eigenvalue weighted by Crippen LogP contribution is 2.41. The lowest BCUT2D eigenvalue weighted by Crippen LogP contribution is -2.86. The number of hydrogen-bond donors (Lipinski definition) is 2. The minimum Gasteiger partial charge on any atom is -0.361 e. The molecule has 3 N–H and O–H groups in total. The van der Waals surface area contributed by atoms with E-state index >= 15 is 0 Å². The molecule has 2 saturated heterocycles. The average molecular weight is 493 g/mol. The molecule has 3 rings (SSSR count). The van der Waals surface area contributed by atoms with E-state index in [-0.39, 0.29) is 23.2 Å². The second kappa shape index (κ2) is 10.9. The summed E-state index contributed by atoms with van der Waals surface area (Å²) in [6, 6.07) is 1.84. The fourth-order valence-electron chi connectivity index (χ4n) is 4.90. The van der Waals surface area contributed by atoms with Crippen LogP contribution in [0.4, 0.5) is 0 Å². The van der Waals surface area contributed by atoms with Crippen LogP contribution in [-0.2, 0) is 4.79 Å². The molecule has 2 aliphatic heterocycles. The molecule has 190 valence electrons. The summed E-state index contributed by atoms with van der Waals surface area (Å²) >= 11 is 6.60. The Morgan fingerprint density at radius 2 is 1.79 bits per heavy atom. The third-order valence-electron chi connectivity index (χ3n) is 7.27. The van der Waals surface area contributed by atoms with Crippen LogP contribution in [0.3, 0.4) is 0 Å². The molecule has 7 nitrogen and oxygen atoms in total. The van der Waals surface area contributed by atoms with Crippen molar-refractivity contribution in [3.05, 3.63) is 28.2 Å². The molecule has 0 aliphatic carbocycles. The lowest BCUT2D eigenvalue weighted by molar-refractivity contribution is -0.627. The van der Waals surface area contributed by atoms with Crippen molar-refractivity contribution in [3.63, 3.8) is 0 Å². The van der Waals surface area contributed by atoms with Crippen molar-refractivity contribution in [3.8, 4) is 0 Å². The van der Waals surface area contributed by atoms with Crippen LogP contribution in [0.5, 0.6) is 0 Å². The number of likely N-dealkylation sites (tertiary alicyclic amines) is 2. The van der Waals surface area contributed by atoms with Gasteiger partial charge in [0.25, 0.3) is 5.91 Å². The van der Waals surface area contributed by atoms with Gasteiger partial charge in [-0.2, -0.15) is 0 Å². The molecule has 0 bridgehead atoms. The van der Waals surface area contributed by atoms with Gasteiger partial charge >= 0.3 is 0 Å². The number of piperidine rings is 2. The minimum absolute atomic E-state index is 0.0243. The molecule has 0 atom stereocenters. The number of carbonyl (C=O) groups excluding carboxylic acids is 1. The maximum atomic E-state index is 13.6. The summed E-state index contributed by atoms with van der Waals surface area (Å²) in [5.74, 6) is 0.425. The van der Waals surface area contributed by atoms with Crippen LogP contribution in [0.2, 0.25) is 0 Å². The van der Waals surface area contributed by atoms with Crippen LogP contribution in [0.1, 0.15) is 78.2 Å². The van der Waals surface area contributed by atoms with Crippen molar-refractivity contribution in [1.82, 2.24) is 15.0 Å². The maximum absolute atomic E-state index is 13.6. The summed E-state index contributed by atoms with van der Waals surface area (Å²) in [4.78, 5) is 18.1. The number of aromatic nitrogens is 1. The quantitative estimate of drug-likeness (QED) is 0.343. The van der Waals surface area contributed by atoms with Gasteiger partial charge in [-0.25, -0.2) is 0 Å². The number of aryl methyl sites for hydroxylation is 1. The first-order valence-electron chi connectivity index (χ1n) is 12.7. The van der Waals surface area contributed by atoms with Crippen molar-refractivity contribution in [2.75, 3.05) is 32.7 Å². The number of quaternary nitrogens is 1. The molecule has 8 heteroatoms. The lowest BCUT2D eigenvalue weighted by atomic mass is 9.71. The Bertz CT molecular complexity index is 897. The molecule has 1 aromatic heterocycles. The van der Waals surface area contributed by atoms with Gasteiger partial charge in [-0.15, -0.1) is 0 Å². The zero-order valence-corrected chi connectivity index (χ0v) is 22.6. The Kier molecular flexibility index (Phi) is 8.64. The Balaban J connectivity index is 1.65. The summed E-state index contributed by atoms with van der Waals surface area (Å²) in [6.07, 6.45) is 5.67. The van der Waals surface area contributed by atoms with Crippen molar-refractivity contribution in [2.24, 2.45) is 10.8 Å². The van der Waals surface area contributed by atoms with Gasteiger partial charge in [0.15, 0.2) is 0 Å². The molecular formula is C26H43ClN5O2+. The van der Waals surface area contributed by atoms with E-state index in [9.17, 15) is 4.79 Å². The Morgan fingerprint density at radius 3 is 2.29 bits per heavy atom. The van der Waals surface area contributed by atoms with Crippen LogP contribution in [-0.4, -0.2) is 65.3 Å². The van der Waals surface area contributed by atoms with E-state index in [0.717, 1.165) is 25.9 Å². The number of halogens is 1. The van der Waals surface area contributed by atoms with Crippen LogP contribution in [0.15, 0.2) is 21.3 Å². The molecule has 34 heavy (non-hydrogen) atoms. The molecule has 0 saturated carbocycles. The molecule has 0 aromatic carbocycles. The first-order chi connectivity index (χ1) is 15.9. The third kappa shape index (κ3) is 6.92. The van der Waals surface area contributed by atoms with Gasteiger partial charge < -0.3 is 19.6 Å². The highest BCUT2D eigenvalue weighted by Gasteiger charge is 2.40. The second-order valence-corrected chi connectivity index (χ2v) is 12.2. The maximum Gasteiger partial charge on any atom is 0.263 e. The van der Waals surface area contributed by atoms with E-state index < -0.39 is 0 Å². The molecular weight excluding hydrogens is 450 g/mol. The lowest BCUT2D eigenvalue weighted by Gasteiger charge is -2.47. The van der Waals surface area contributed by atoms with Gasteiger partial charge in [0.1, 0.15) is 22.7 Å². The first kappa shape index (κ1) is 26.9. The summed E-state index contributed by atoms with van der Waals surface area (Å²) in [5.41, 5.74) is 1.29. The van der Waals surface area contributed by atoms with Gasteiger partial charge in [0, 0.05) is 19.2 Å². The smallest absolute Gasteiger partial charge is 0.263 e. The largest absolute Gasteiger partial charge is 0.361 e. The Hall–Kier alpha value is -1.70. The monoisotopic (exact) mass is 492 g/mol. The van der Waals surface area contributed by atoms with Crippen LogP contribution < -0.4 is 5.32 Å². The van der Waals surface area contributed by atoms with Gasteiger partial charge in [-0.05, 0) is 94.9 Å². The zero-order valence-electron chi connectivity index (χ0n) is 21.8. The third-order valence-corrected chi connectivity index (χ3v) is 7.59. The number of nitrogens with zero attached hydrogens (tertiary/aromatic N) is 3.